The monoisotopic (exact) mass is 340 g/mol. The predicted octanol–water partition coefficient (Wildman–Crippen LogP) is 4.25. The lowest BCUT2D eigenvalue weighted by Gasteiger charge is -2.09. The standard InChI is InChI=1S/C13H10BrFN2O3/c1-20-13-5-3-9(7-10(13)15)16-11-4-2-8(14)6-12(11)17(18)19/h2-7,16H,1H3. The predicted molar refractivity (Wildman–Crippen MR) is 77.0 cm³/mol. The molecule has 0 fully saturated rings. The van der Waals surface area contributed by atoms with Crippen LogP contribution in [0.5, 0.6) is 5.75 Å². The molecular weight excluding hydrogens is 331 g/mol. The van der Waals surface area contributed by atoms with E-state index in [4.69, 9.17) is 4.74 Å². The average Bonchev–Trinajstić information content (AvgIpc) is 2.41. The van der Waals surface area contributed by atoms with Gasteiger partial charge in [0.1, 0.15) is 5.69 Å². The van der Waals surface area contributed by atoms with Crippen molar-refractivity contribution in [1.82, 2.24) is 0 Å². The van der Waals surface area contributed by atoms with Crippen molar-refractivity contribution < 1.29 is 14.1 Å². The second-order valence-electron chi connectivity index (χ2n) is 3.89. The van der Waals surface area contributed by atoms with Gasteiger partial charge >= 0.3 is 0 Å². The van der Waals surface area contributed by atoms with Gasteiger partial charge in [0, 0.05) is 22.3 Å². The van der Waals surface area contributed by atoms with Crippen LogP contribution in [0, 0.1) is 15.9 Å². The van der Waals surface area contributed by atoms with E-state index in [0.717, 1.165) is 0 Å². The summed E-state index contributed by atoms with van der Waals surface area (Å²) in [7, 11) is 1.37. The summed E-state index contributed by atoms with van der Waals surface area (Å²) in [6.45, 7) is 0. The fourth-order valence-corrected chi connectivity index (χ4v) is 2.01. The number of nitro groups is 1. The zero-order valence-corrected chi connectivity index (χ0v) is 12.0. The first kappa shape index (κ1) is 14.3. The minimum Gasteiger partial charge on any atom is -0.494 e. The van der Waals surface area contributed by atoms with E-state index in [-0.39, 0.29) is 17.1 Å². The van der Waals surface area contributed by atoms with Crippen molar-refractivity contribution in [3.63, 3.8) is 0 Å². The summed E-state index contributed by atoms with van der Waals surface area (Å²) in [6, 6.07) is 8.82. The number of benzene rings is 2. The number of anilines is 2. The van der Waals surface area contributed by atoms with Gasteiger partial charge in [-0.05, 0) is 24.3 Å². The summed E-state index contributed by atoms with van der Waals surface area (Å²) < 4.78 is 19.0. The SMILES string of the molecule is COc1ccc(Nc2ccc(Br)cc2[N+](=O)[O-])cc1F. The van der Waals surface area contributed by atoms with Crippen LogP contribution in [0.3, 0.4) is 0 Å². The van der Waals surface area contributed by atoms with Crippen LogP contribution in [0.1, 0.15) is 0 Å². The van der Waals surface area contributed by atoms with Crippen molar-refractivity contribution >= 4 is 33.0 Å². The van der Waals surface area contributed by atoms with Crippen LogP contribution in [0.15, 0.2) is 40.9 Å². The molecule has 5 nitrogen and oxygen atoms in total. The molecule has 0 aliphatic heterocycles. The van der Waals surface area contributed by atoms with Gasteiger partial charge < -0.3 is 10.1 Å². The molecule has 104 valence electrons. The van der Waals surface area contributed by atoms with E-state index in [9.17, 15) is 14.5 Å². The molecule has 1 N–H and O–H groups in total. The van der Waals surface area contributed by atoms with Crippen LogP contribution in [0.25, 0.3) is 0 Å². The zero-order chi connectivity index (χ0) is 14.7. The molecule has 2 rings (SSSR count). The summed E-state index contributed by atoms with van der Waals surface area (Å²) in [4.78, 5) is 10.5. The normalized spacial score (nSPS) is 10.2. The Labute approximate surface area is 122 Å². The highest BCUT2D eigenvalue weighted by atomic mass is 79.9. The van der Waals surface area contributed by atoms with Crippen LogP contribution in [0.2, 0.25) is 0 Å². The summed E-state index contributed by atoms with van der Waals surface area (Å²) in [5.41, 5.74) is 0.576. The summed E-state index contributed by atoms with van der Waals surface area (Å²) >= 11 is 3.17. The third-order valence-corrected chi connectivity index (χ3v) is 3.08. The van der Waals surface area contributed by atoms with E-state index >= 15 is 0 Å². The maximum absolute atomic E-state index is 13.6. The van der Waals surface area contributed by atoms with Crippen molar-refractivity contribution in [2.75, 3.05) is 12.4 Å². The Kier molecular flexibility index (Phi) is 4.19. The Hall–Kier alpha value is -2.15. The highest BCUT2D eigenvalue weighted by molar-refractivity contribution is 9.10. The summed E-state index contributed by atoms with van der Waals surface area (Å²) in [6.07, 6.45) is 0. The molecule has 0 amide bonds. The first-order chi connectivity index (χ1) is 9.51. The minimum absolute atomic E-state index is 0.101. The number of hydrogen-bond acceptors (Lipinski definition) is 4. The molecule has 20 heavy (non-hydrogen) atoms. The minimum atomic E-state index is -0.544. The molecule has 0 aliphatic carbocycles. The Balaban J connectivity index is 2.35. The second-order valence-corrected chi connectivity index (χ2v) is 4.81. The largest absolute Gasteiger partial charge is 0.494 e. The molecule has 0 unspecified atom stereocenters. The number of nitrogens with zero attached hydrogens (tertiary/aromatic N) is 1. The number of rotatable bonds is 4. The van der Waals surface area contributed by atoms with Crippen LogP contribution in [0.4, 0.5) is 21.5 Å². The molecule has 0 aromatic heterocycles. The summed E-state index contributed by atoms with van der Waals surface area (Å²) in [5, 5.41) is 13.8. The van der Waals surface area contributed by atoms with Crippen molar-refractivity contribution in [1.29, 1.82) is 0 Å². The van der Waals surface area contributed by atoms with Gasteiger partial charge in [-0.2, -0.15) is 0 Å². The second kappa shape index (κ2) is 5.87. The van der Waals surface area contributed by atoms with Gasteiger partial charge in [0.25, 0.3) is 5.69 Å². The van der Waals surface area contributed by atoms with E-state index in [2.05, 4.69) is 21.2 Å². The van der Waals surface area contributed by atoms with E-state index in [1.54, 1.807) is 18.2 Å². The van der Waals surface area contributed by atoms with Crippen molar-refractivity contribution in [2.45, 2.75) is 0 Å². The quantitative estimate of drug-likeness (QED) is 0.667. The Bertz CT molecular complexity index is 664. The molecule has 0 bridgehead atoms. The molecule has 0 saturated carbocycles. The van der Waals surface area contributed by atoms with Crippen LogP contribution < -0.4 is 10.1 Å². The molecule has 0 heterocycles. The highest BCUT2D eigenvalue weighted by Gasteiger charge is 2.14. The van der Waals surface area contributed by atoms with Gasteiger partial charge in [0.15, 0.2) is 11.6 Å². The van der Waals surface area contributed by atoms with Crippen LogP contribution in [-0.4, -0.2) is 12.0 Å². The van der Waals surface area contributed by atoms with Crippen molar-refractivity contribution in [3.05, 3.63) is 56.8 Å². The highest BCUT2D eigenvalue weighted by Crippen LogP contribution is 2.31. The van der Waals surface area contributed by atoms with Gasteiger partial charge in [0.2, 0.25) is 0 Å². The van der Waals surface area contributed by atoms with Crippen LogP contribution >= 0.6 is 15.9 Å². The molecule has 0 saturated heterocycles. The molecule has 0 aliphatic rings. The Morgan fingerprint density at radius 2 is 2.05 bits per heavy atom. The number of methoxy groups -OCH3 is 1. The number of halogens is 2. The molecule has 0 radical (unpaired) electrons. The van der Waals surface area contributed by atoms with Gasteiger partial charge in [-0.25, -0.2) is 4.39 Å². The Morgan fingerprint density at radius 1 is 1.30 bits per heavy atom. The maximum Gasteiger partial charge on any atom is 0.293 e. The third kappa shape index (κ3) is 3.05. The summed E-state index contributed by atoms with van der Waals surface area (Å²) in [5.74, 6) is -0.432. The smallest absolute Gasteiger partial charge is 0.293 e. The van der Waals surface area contributed by atoms with Gasteiger partial charge in [-0.1, -0.05) is 15.9 Å². The Morgan fingerprint density at radius 3 is 2.65 bits per heavy atom. The lowest BCUT2D eigenvalue weighted by atomic mass is 10.2. The van der Waals surface area contributed by atoms with Crippen molar-refractivity contribution in [3.8, 4) is 5.75 Å². The topological polar surface area (TPSA) is 64.4 Å². The lowest BCUT2D eigenvalue weighted by Crippen LogP contribution is -1.98. The van der Waals surface area contributed by atoms with Gasteiger partial charge in [-0.3, -0.25) is 10.1 Å². The average molecular weight is 341 g/mol. The zero-order valence-electron chi connectivity index (χ0n) is 10.4. The molecule has 0 spiro atoms. The number of nitro benzene ring substituents is 1. The first-order valence-corrected chi connectivity index (χ1v) is 6.35. The van der Waals surface area contributed by atoms with Gasteiger partial charge in [-0.15, -0.1) is 0 Å². The third-order valence-electron chi connectivity index (χ3n) is 2.59. The van der Waals surface area contributed by atoms with Gasteiger partial charge in [0.05, 0.1) is 12.0 Å². The number of hydrogen-bond donors (Lipinski definition) is 1. The van der Waals surface area contributed by atoms with Crippen molar-refractivity contribution in [2.24, 2.45) is 0 Å². The first-order valence-electron chi connectivity index (χ1n) is 5.56. The fraction of sp³-hybridized carbons (Fsp3) is 0.0769. The molecule has 7 heteroatoms. The maximum atomic E-state index is 13.6. The number of nitrogens with one attached hydrogen (secondary N) is 1. The molecule has 2 aromatic rings. The van der Waals surface area contributed by atoms with E-state index in [1.165, 1.54) is 25.3 Å². The number of ether oxygens (including phenoxy) is 1. The van der Waals surface area contributed by atoms with E-state index in [1.807, 2.05) is 0 Å². The van der Waals surface area contributed by atoms with Crippen LogP contribution in [-0.2, 0) is 0 Å². The molecule has 0 atom stereocenters. The molecule has 2 aromatic carbocycles. The van der Waals surface area contributed by atoms with E-state index < -0.39 is 10.7 Å². The molecular formula is C13H10BrFN2O3. The van der Waals surface area contributed by atoms with E-state index in [0.29, 0.717) is 10.2 Å². The fourth-order valence-electron chi connectivity index (χ4n) is 1.66. The lowest BCUT2D eigenvalue weighted by molar-refractivity contribution is -0.384.